The molecule has 0 fully saturated rings. The van der Waals surface area contributed by atoms with Crippen LogP contribution in [0.5, 0.6) is 0 Å². The van der Waals surface area contributed by atoms with Crippen LogP contribution in [0.4, 0.5) is 18.9 Å². The van der Waals surface area contributed by atoms with E-state index < -0.39 is 11.7 Å². The van der Waals surface area contributed by atoms with Crippen molar-refractivity contribution in [3.63, 3.8) is 0 Å². The third-order valence-corrected chi connectivity index (χ3v) is 3.08. The molecule has 0 aliphatic rings. The Hall–Kier alpha value is -0.760. The first-order valence-corrected chi connectivity index (χ1v) is 5.25. The minimum atomic E-state index is -4.30. The van der Waals surface area contributed by atoms with Crippen LogP contribution in [-0.2, 0) is 6.18 Å². The number of nitrogen functional groups attached to an aromatic ring is 1. The molecule has 0 radical (unpaired) electrons. The summed E-state index contributed by atoms with van der Waals surface area (Å²) in [6, 6.07) is 3.44. The van der Waals surface area contributed by atoms with E-state index in [1.807, 2.05) is 6.92 Å². The number of halogens is 3. The molecule has 84 valence electrons. The normalized spacial score (nSPS) is 13.9. The molecule has 0 saturated heterocycles. The third-order valence-electron chi connectivity index (χ3n) is 2.25. The average Bonchev–Trinajstić information content (AvgIpc) is 2.15. The van der Waals surface area contributed by atoms with Gasteiger partial charge in [-0.25, -0.2) is 0 Å². The lowest BCUT2D eigenvalue weighted by Crippen LogP contribution is -2.07. The first-order valence-electron chi connectivity index (χ1n) is 4.58. The molecule has 1 aromatic rings. The van der Waals surface area contributed by atoms with Crippen LogP contribution in [0.25, 0.3) is 0 Å². The summed E-state index contributed by atoms with van der Waals surface area (Å²) in [4.78, 5) is 0. The lowest BCUT2D eigenvalue weighted by molar-refractivity contribution is -0.137. The van der Waals surface area contributed by atoms with Gasteiger partial charge in [0.25, 0.3) is 0 Å². The summed E-state index contributed by atoms with van der Waals surface area (Å²) in [5.74, 6) is 0. The second-order valence-electron chi connectivity index (χ2n) is 3.36. The molecule has 0 bridgehead atoms. The molecule has 0 amide bonds. The number of anilines is 1. The van der Waals surface area contributed by atoms with E-state index in [0.717, 1.165) is 18.6 Å². The number of benzene rings is 1. The van der Waals surface area contributed by atoms with E-state index in [1.54, 1.807) is 0 Å². The van der Waals surface area contributed by atoms with Gasteiger partial charge in [0.05, 0.1) is 5.56 Å². The van der Waals surface area contributed by atoms with Crippen LogP contribution >= 0.6 is 9.24 Å². The van der Waals surface area contributed by atoms with Crippen LogP contribution in [0.3, 0.4) is 0 Å². The molecule has 2 N–H and O–H groups in total. The number of rotatable bonds is 2. The standard InChI is InChI=1S/C10H13F3NP/c1-2-9(15)7-5-6(10(11,12)13)3-4-8(7)14/h3-5,9H,2,14-15H2,1H3. The molecule has 0 aliphatic heterocycles. The second kappa shape index (κ2) is 4.40. The van der Waals surface area contributed by atoms with Gasteiger partial charge in [-0.05, 0) is 30.2 Å². The third kappa shape index (κ3) is 2.85. The van der Waals surface area contributed by atoms with Gasteiger partial charge in [0.15, 0.2) is 0 Å². The monoisotopic (exact) mass is 235 g/mol. The average molecular weight is 235 g/mol. The Bertz CT molecular complexity index is 349. The molecule has 0 heterocycles. The van der Waals surface area contributed by atoms with Gasteiger partial charge in [0, 0.05) is 11.3 Å². The fourth-order valence-corrected chi connectivity index (χ4v) is 1.58. The molecule has 2 atom stereocenters. The maximum atomic E-state index is 12.4. The van der Waals surface area contributed by atoms with Crippen molar-refractivity contribution >= 4 is 14.9 Å². The van der Waals surface area contributed by atoms with Crippen molar-refractivity contribution in [2.75, 3.05) is 5.73 Å². The largest absolute Gasteiger partial charge is 0.416 e. The van der Waals surface area contributed by atoms with E-state index in [1.165, 1.54) is 6.07 Å². The van der Waals surface area contributed by atoms with Gasteiger partial charge in [0.2, 0.25) is 0 Å². The predicted molar refractivity (Wildman–Crippen MR) is 58.6 cm³/mol. The topological polar surface area (TPSA) is 26.0 Å². The van der Waals surface area contributed by atoms with Gasteiger partial charge in [-0.3, -0.25) is 0 Å². The lowest BCUT2D eigenvalue weighted by Gasteiger charge is -2.15. The quantitative estimate of drug-likeness (QED) is 0.615. The van der Waals surface area contributed by atoms with Crippen LogP contribution in [0, 0.1) is 0 Å². The molecular formula is C10H13F3NP. The number of hydrogen-bond donors (Lipinski definition) is 1. The number of hydrogen-bond acceptors (Lipinski definition) is 1. The van der Waals surface area contributed by atoms with Crippen LogP contribution in [0.2, 0.25) is 0 Å². The highest BCUT2D eigenvalue weighted by Crippen LogP contribution is 2.36. The predicted octanol–water partition coefficient (Wildman–Crippen LogP) is 3.61. The van der Waals surface area contributed by atoms with Crippen molar-refractivity contribution < 1.29 is 13.2 Å². The highest BCUT2D eigenvalue weighted by atomic mass is 31.0. The summed E-state index contributed by atoms with van der Waals surface area (Å²) in [5.41, 5.74) is 5.89. The Balaban J connectivity index is 3.17. The maximum absolute atomic E-state index is 12.4. The summed E-state index contributed by atoms with van der Waals surface area (Å²) < 4.78 is 37.3. The zero-order valence-electron chi connectivity index (χ0n) is 8.31. The summed E-state index contributed by atoms with van der Waals surface area (Å²) >= 11 is 0. The van der Waals surface area contributed by atoms with Gasteiger partial charge in [-0.2, -0.15) is 13.2 Å². The summed E-state index contributed by atoms with van der Waals surface area (Å²) in [5, 5.41) is 0. The zero-order chi connectivity index (χ0) is 11.6. The van der Waals surface area contributed by atoms with Crippen molar-refractivity contribution in [1.82, 2.24) is 0 Å². The van der Waals surface area contributed by atoms with Crippen LogP contribution < -0.4 is 5.73 Å². The fraction of sp³-hybridized carbons (Fsp3) is 0.400. The van der Waals surface area contributed by atoms with Crippen molar-refractivity contribution in [3.8, 4) is 0 Å². The van der Waals surface area contributed by atoms with Gasteiger partial charge >= 0.3 is 6.18 Å². The molecule has 1 nitrogen and oxygen atoms in total. The summed E-state index contributed by atoms with van der Waals surface area (Å²) in [6.07, 6.45) is -3.57. The molecule has 5 heteroatoms. The molecule has 1 aromatic carbocycles. The molecule has 0 spiro atoms. The zero-order valence-corrected chi connectivity index (χ0v) is 9.46. The first-order chi connectivity index (χ1) is 6.86. The Kier molecular flexibility index (Phi) is 3.61. The van der Waals surface area contributed by atoms with E-state index in [9.17, 15) is 13.2 Å². The van der Waals surface area contributed by atoms with Gasteiger partial charge in [-0.1, -0.05) is 6.92 Å². The fourth-order valence-electron chi connectivity index (χ4n) is 1.29. The Morgan fingerprint density at radius 2 is 2.00 bits per heavy atom. The van der Waals surface area contributed by atoms with Crippen LogP contribution in [-0.4, -0.2) is 0 Å². The van der Waals surface area contributed by atoms with E-state index in [-0.39, 0.29) is 5.66 Å². The van der Waals surface area contributed by atoms with Gasteiger partial charge in [-0.15, -0.1) is 9.24 Å². The Morgan fingerprint density at radius 1 is 1.40 bits per heavy atom. The molecule has 0 saturated carbocycles. The van der Waals surface area contributed by atoms with Gasteiger partial charge in [0.1, 0.15) is 0 Å². The lowest BCUT2D eigenvalue weighted by atomic mass is 10.0. The minimum absolute atomic E-state index is 0.0349. The van der Waals surface area contributed by atoms with E-state index in [4.69, 9.17) is 5.73 Å². The van der Waals surface area contributed by atoms with Crippen molar-refractivity contribution in [2.24, 2.45) is 0 Å². The van der Waals surface area contributed by atoms with Crippen molar-refractivity contribution in [3.05, 3.63) is 29.3 Å². The van der Waals surface area contributed by atoms with Gasteiger partial charge < -0.3 is 5.73 Å². The molecule has 0 aromatic heterocycles. The SMILES string of the molecule is CCC(P)c1cc(C(F)(F)F)ccc1N. The molecule has 2 unspecified atom stereocenters. The van der Waals surface area contributed by atoms with Crippen LogP contribution in [0.1, 0.15) is 30.1 Å². The minimum Gasteiger partial charge on any atom is -0.398 e. The van der Waals surface area contributed by atoms with E-state index in [0.29, 0.717) is 11.3 Å². The molecular weight excluding hydrogens is 222 g/mol. The smallest absolute Gasteiger partial charge is 0.398 e. The van der Waals surface area contributed by atoms with Crippen molar-refractivity contribution in [2.45, 2.75) is 25.2 Å². The maximum Gasteiger partial charge on any atom is 0.416 e. The van der Waals surface area contributed by atoms with Crippen LogP contribution in [0.15, 0.2) is 18.2 Å². The van der Waals surface area contributed by atoms with E-state index >= 15 is 0 Å². The van der Waals surface area contributed by atoms with E-state index in [2.05, 4.69) is 9.24 Å². The number of nitrogens with two attached hydrogens (primary N) is 1. The second-order valence-corrected chi connectivity index (χ2v) is 4.16. The number of alkyl halides is 3. The summed E-state index contributed by atoms with van der Waals surface area (Å²) in [6.45, 7) is 1.90. The molecule has 15 heavy (non-hydrogen) atoms. The Labute approximate surface area is 89.1 Å². The highest BCUT2D eigenvalue weighted by molar-refractivity contribution is 7.17. The first kappa shape index (κ1) is 12.3. The highest BCUT2D eigenvalue weighted by Gasteiger charge is 2.31. The summed E-state index contributed by atoms with van der Waals surface area (Å²) in [7, 11) is 2.50. The molecule has 1 rings (SSSR count). The van der Waals surface area contributed by atoms with Crippen molar-refractivity contribution in [1.29, 1.82) is 0 Å². The molecule has 0 aliphatic carbocycles. The Morgan fingerprint density at radius 3 is 2.47 bits per heavy atom.